The molecule has 0 aromatic carbocycles. The Morgan fingerprint density at radius 1 is 1.28 bits per heavy atom. The zero-order valence-electron chi connectivity index (χ0n) is 15.5. The summed E-state index contributed by atoms with van der Waals surface area (Å²) in [5.74, 6) is 0.699. The van der Waals surface area contributed by atoms with E-state index in [0.717, 1.165) is 55.0 Å². The van der Waals surface area contributed by atoms with Gasteiger partial charge in [0.05, 0.1) is 23.8 Å². The van der Waals surface area contributed by atoms with Gasteiger partial charge in [0, 0.05) is 36.0 Å². The van der Waals surface area contributed by atoms with Crippen molar-refractivity contribution in [1.29, 1.82) is 0 Å². The molecule has 2 aromatic heterocycles. The maximum absolute atomic E-state index is 12.5. The zero-order chi connectivity index (χ0) is 18.0. The van der Waals surface area contributed by atoms with Crippen LogP contribution in [0.25, 0.3) is 11.3 Å². The van der Waals surface area contributed by atoms with Crippen LogP contribution in [-0.4, -0.2) is 44.1 Å². The molecule has 1 atom stereocenters. The van der Waals surface area contributed by atoms with Crippen LogP contribution in [0.4, 0.5) is 0 Å². The molecule has 2 aromatic rings. The summed E-state index contributed by atoms with van der Waals surface area (Å²) < 4.78 is 0. The standard InChI is InChI=1S/C19H27N5O/c1-13-16(10-22-23-13)17-11-20-15(9-21-17)8-14-6-5-7-24(12-14)18(25)19(2,3)4/h9-11,14H,5-8,12H2,1-4H3,(H,22,23)/t14-/m1/s1. The molecule has 134 valence electrons. The summed E-state index contributed by atoms with van der Waals surface area (Å²) in [5.41, 5.74) is 3.48. The van der Waals surface area contributed by atoms with Crippen molar-refractivity contribution in [2.24, 2.45) is 11.3 Å². The maximum atomic E-state index is 12.5. The van der Waals surface area contributed by atoms with Gasteiger partial charge in [-0.05, 0) is 32.1 Å². The lowest BCUT2D eigenvalue weighted by molar-refractivity contribution is -0.141. The Morgan fingerprint density at radius 3 is 2.68 bits per heavy atom. The number of nitrogens with one attached hydrogen (secondary N) is 1. The van der Waals surface area contributed by atoms with Gasteiger partial charge in [-0.2, -0.15) is 5.10 Å². The molecule has 1 fully saturated rings. The highest BCUT2D eigenvalue weighted by atomic mass is 16.2. The fourth-order valence-electron chi connectivity index (χ4n) is 3.39. The first kappa shape index (κ1) is 17.6. The summed E-state index contributed by atoms with van der Waals surface area (Å²) in [6.45, 7) is 9.63. The van der Waals surface area contributed by atoms with Gasteiger partial charge in [-0.15, -0.1) is 0 Å². The van der Waals surface area contributed by atoms with Gasteiger partial charge in [0.25, 0.3) is 0 Å². The first-order chi connectivity index (χ1) is 11.8. The Bertz CT molecular complexity index is 729. The fraction of sp³-hybridized carbons (Fsp3) is 0.579. The van der Waals surface area contributed by atoms with Crippen LogP contribution < -0.4 is 0 Å². The molecule has 3 heterocycles. The van der Waals surface area contributed by atoms with Crippen LogP contribution in [0.3, 0.4) is 0 Å². The first-order valence-corrected chi connectivity index (χ1v) is 8.95. The number of piperidine rings is 1. The van der Waals surface area contributed by atoms with Gasteiger partial charge in [0.1, 0.15) is 0 Å². The van der Waals surface area contributed by atoms with Crippen molar-refractivity contribution < 1.29 is 4.79 Å². The van der Waals surface area contributed by atoms with Crippen LogP contribution in [0.15, 0.2) is 18.6 Å². The Morgan fingerprint density at radius 2 is 2.08 bits per heavy atom. The van der Waals surface area contributed by atoms with E-state index in [4.69, 9.17) is 0 Å². The van der Waals surface area contributed by atoms with Crippen molar-refractivity contribution in [1.82, 2.24) is 25.1 Å². The lowest BCUT2D eigenvalue weighted by atomic mass is 9.89. The SMILES string of the molecule is Cc1[nH]ncc1-c1cnc(C[C@H]2CCCN(C(=O)C(C)(C)C)C2)cn1. The predicted octanol–water partition coefficient (Wildman–Crippen LogP) is 3.00. The summed E-state index contributed by atoms with van der Waals surface area (Å²) in [7, 11) is 0. The summed E-state index contributed by atoms with van der Waals surface area (Å²) in [6.07, 6.45) is 8.51. The van der Waals surface area contributed by atoms with Gasteiger partial charge < -0.3 is 4.90 Å². The van der Waals surface area contributed by atoms with E-state index in [-0.39, 0.29) is 11.3 Å². The predicted molar refractivity (Wildman–Crippen MR) is 96.8 cm³/mol. The first-order valence-electron chi connectivity index (χ1n) is 8.95. The summed E-state index contributed by atoms with van der Waals surface area (Å²) in [6, 6.07) is 0. The van der Waals surface area contributed by atoms with E-state index >= 15 is 0 Å². The molecule has 6 heteroatoms. The van der Waals surface area contributed by atoms with Gasteiger partial charge in [0.2, 0.25) is 5.91 Å². The van der Waals surface area contributed by atoms with Gasteiger partial charge >= 0.3 is 0 Å². The highest BCUT2D eigenvalue weighted by molar-refractivity contribution is 5.81. The van der Waals surface area contributed by atoms with Crippen molar-refractivity contribution in [3.05, 3.63) is 30.0 Å². The monoisotopic (exact) mass is 341 g/mol. The van der Waals surface area contributed by atoms with E-state index in [1.165, 1.54) is 0 Å². The molecule has 0 spiro atoms. The van der Waals surface area contributed by atoms with Crippen molar-refractivity contribution in [3.8, 4) is 11.3 Å². The number of aromatic nitrogens is 4. The average molecular weight is 341 g/mol. The van der Waals surface area contributed by atoms with E-state index in [1.807, 2.05) is 45.0 Å². The van der Waals surface area contributed by atoms with Crippen molar-refractivity contribution in [3.63, 3.8) is 0 Å². The number of rotatable bonds is 3. The third-order valence-corrected chi connectivity index (χ3v) is 4.76. The van der Waals surface area contributed by atoms with Crippen molar-refractivity contribution in [2.45, 2.75) is 47.0 Å². The Labute approximate surface area is 149 Å². The third-order valence-electron chi connectivity index (χ3n) is 4.76. The molecule has 0 saturated carbocycles. The molecule has 0 unspecified atom stereocenters. The Hall–Kier alpha value is -2.24. The number of carbonyl (C=O) groups excluding carboxylic acids is 1. The van der Waals surface area contributed by atoms with Gasteiger partial charge in [0.15, 0.2) is 0 Å². The van der Waals surface area contributed by atoms with Gasteiger partial charge in [-0.25, -0.2) is 0 Å². The normalized spacial score (nSPS) is 18.4. The topological polar surface area (TPSA) is 74.8 Å². The lowest BCUT2D eigenvalue weighted by Gasteiger charge is -2.36. The van der Waals surface area contributed by atoms with Gasteiger partial charge in [-0.1, -0.05) is 20.8 Å². The van der Waals surface area contributed by atoms with E-state index < -0.39 is 0 Å². The van der Waals surface area contributed by atoms with Crippen LogP contribution in [-0.2, 0) is 11.2 Å². The second-order valence-electron chi connectivity index (χ2n) is 8.02. The fourth-order valence-corrected chi connectivity index (χ4v) is 3.39. The summed E-state index contributed by atoms with van der Waals surface area (Å²) in [5, 5.41) is 6.95. The minimum Gasteiger partial charge on any atom is -0.342 e. The quantitative estimate of drug-likeness (QED) is 0.931. The summed E-state index contributed by atoms with van der Waals surface area (Å²) in [4.78, 5) is 23.7. The molecule has 3 rings (SSSR count). The highest BCUT2D eigenvalue weighted by Gasteiger charge is 2.31. The maximum Gasteiger partial charge on any atom is 0.227 e. The molecule has 25 heavy (non-hydrogen) atoms. The minimum absolute atomic E-state index is 0.245. The Kier molecular flexibility index (Phi) is 4.88. The largest absolute Gasteiger partial charge is 0.342 e. The molecule has 0 radical (unpaired) electrons. The minimum atomic E-state index is -0.314. The number of aromatic amines is 1. The molecule has 1 aliphatic rings. The van der Waals surface area contributed by atoms with Crippen molar-refractivity contribution >= 4 is 5.91 Å². The molecule has 0 aliphatic carbocycles. The Balaban J connectivity index is 1.64. The van der Waals surface area contributed by atoms with E-state index in [0.29, 0.717) is 5.92 Å². The van der Waals surface area contributed by atoms with Crippen molar-refractivity contribution in [2.75, 3.05) is 13.1 Å². The molecule has 1 saturated heterocycles. The van der Waals surface area contributed by atoms with E-state index in [9.17, 15) is 4.79 Å². The number of carbonyl (C=O) groups is 1. The second-order valence-corrected chi connectivity index (χ2v) is 8.02. The van der Waals surface area contributed by atoms with Crippen LogP contribution in [0, 0.1) is 18.3 Å². The number of H-pyrrole nitrogens is 1. The second kappa shape index (κ2) is 6.94. The number of hydrogen-bond donors (Lipinski definition) is 1. The third kappa shape index (κ3) is 4.06. The van der Waals surface area contributed by atoms with Crippen LogP contribution in [0.1, 0.15) is 45.0 Å². The van der Waals surface area contributed by atoms with Crippen LogP contribution >= 0.6 is 0 Å². The molecule has 0 bridgehead atoms. The number of aryl methyl sites for hydroxylation is 1. The van der Waals surface area contributed by atoms with Crippen LogP contribution in [0.5, 0.6) is 0 Å². The average Bonchev–Trinajstić information content (AvgIpc) is 3.00. The molecule has 6 nitrogen and oxygen atoms in total. The van der Waals surface area contributed by atoms with E-state index in [1.54, 1.807) is 6.20 Å². The summed E-state index contributed by atoms with van der Waals surface area (Å²) >= 11 is 0. The zero-order valence-corrected chi connectivity index (χ0v) is 15.5. The molecule has 1 aliphatic heterocycles. The van der Waals surface area contributed by atoms with E-state index in [2.05, 4.69) is 20.2 Å². The van der Waals surface area contributed by atoms with Crippen LogP contribution in [0.2, 0.25) is 0 Å². The highest BCUT2D eigenvalue weighted by Crippen LogP contribution is 2.25. The number of likely N-dealkylation sites (tertiary alicyclic amines) is 1. The molecular weight excluding hydrogens is 314 g/mol. The smallest absolute Gasteiger partial charge is 0.227 e. The molecule has 1 N–H and O–H groups in total. The number of nitrogens with zero attached hydrogens (tertiary/aromatic N) is 4. The number of amides is 1. The lowest BCUT2D eigenvalue weighted by Crippen LogP contribution is -2.45. The number of hydrogen-bond acceptors (Lipinski definition) is 4. The molecular formula is C19H27N5O. The van der Waals surface area contributed by atoms with Gasteiger partial charge in [-0.3, -0.25) is 19.9 Å². The molecule has 1 amide bonds.